The average molecular weight is 250 g/mol. The molecule has 0 spiro atoms. The molecule has 0 amide bonds. The van der Waals surface area contributed by atoms with E-state index in [9.17, 15) is 0 Å². The van der Waals surface area contributed by atoms with E-state index in [1.165, 1.54) is 17.5 Å². The summed E-state index contributed by atoms with van der Waals surface area (Å²) in [6.45, 7) is 4.28. The third kappa shape index (κ3) is 4.77. The number of aryl methyl sites for hydroxylation is 1. The number of methoxy groups -OCH3 is 1. The van der Waals surface area contributed by atoms with Gasteiger partial charge in [-0.05, 0) is 37.3 Å². The summed E-state index contributed by atoms with van der Waals surface area (Å²) < 4.78 is 5.26. The largest absolute Gasteiger partial charge is 0.382 e. The summed E-state index contributed by atoms with van der Waals surface area (Å²) in [6, 6.07) is 8.95. The van der Waals surface area contributed by atoms with E-state index in [1.54, 1.807) is 7.11 Å². The smallest absolute Gasteiger partial charge is 0.0543 e. The second-order valence-electron chi connectivity index (χ2n) is 4.83. The number of nitrogens with two attached hydrogens (primary N) is 1. The van der Waals surface area contributed by atoms with Gasteiger partial charge in [0.05, 0.1) is 6.10 Å². The lowest BCUT2D eigenvalue weighted by atomic mass is 9.99. The van der Waals surface area contributed by atoms with E-state index in [4.69, 9.17) is 10.6 Å². The van der Waals surface area contributed by atoms with Crippen molar-refractivity contribution in [2.24, 2.45) is 5.84 Å². The summed E-state index contributed by atoms with van der Waals surface area (Å²) in [6.07, 6.45) is 4.59. The highest BCUT2D eigenvalue weighted by Crippen LogP contribution is 2.20. The van der Waals surface area contributed by atoms with Gasteiger partial charge < -0.3 is 4.74 Å². The van der Waals surface area contributed by atoms with Crippen molar-refractivity contribution in [3.05, 3.63) is 35.4 Å². The zero-order chi connectivity index (χ0) is 13.4. The van der Waals surface area contributed by atoms with E-state index in [-0.39, 0.29) is 12.1 Å². The number of hydrogen-bond acceptors (Lipinski definition) is 3. The van der Waals surface area contributed by atoms with Gasteiger partial charge in [-0.3, -0.25) is 11.3 Å². The van der Waals surface area contributed by atoms with Crippen LogP contribution in [0.1, 0.15) is 50.3 Å². The first-order chi connectivity index (χ1) is 8.71. The molecule has 0 aromatic heterocycles. The average Bonchev–Trinajstić information content (AvgIpc) is 2.41. The van der Waals surface area contributed by atoms with Crippen molar-refractivity contribution in [1.82, 2.24) is 5.43 Å². The van der Waals surface area contributed by atoms with Gasteiger partial charge in [-0.25, -0.2) is 0 Å². The van der Waals surface area contributed by atoms with Crippen LogP contribution in [-0.2, 0) is 11.2 Å². The molecule has 0 aliphatic heterocycles. The van der Waals surface area contributed by atoms with E-state index in [1.807, 2.05) is 0 Å². The maximum Gasteiger partial charge on any atom is 0.0543 e. The maximum absolute atomic E-state index is 5.64. The van der Waals surface area contributed by atoms with Crippen LogP contribution in [0, 0.1) is 0 Å². The minimum atomic E-state index is 0.207. The maximum atomic E-state index is 5.64. The Kier molecular flexibility index (Phi) is 6.94. The van der Waals surface area contributed by atoms with Crippen LogP contribution in [-0.4, -0.2) is 13.2 Å². The Bertz CT molecular complexity index is 324. The molecule has 102 valence electrons. The molecular formula is C15H26N2O. The molecule has 0 saturated heterocycles. The molecule has 0 saturated carbocycles. The van der Waals surface area contributed by atoms with Crippen molar-refractivity contribution in [2.75, 3.05) is 7.11 Å². The van der Waals surface area contributed by atoms with Gasteiger partial charge in [0, 0.05) is 13.2 Å². The zero-order valence-electron chi connectivity index (χ0n) is 11.8. The van der Waals surface area contributed by atoms with Gasteiger partial charge in [0.2, 0.25) is 0 Å². The molecule has 0 bridgehead atoms. The Morgan fingerprint density at radius 1 is 1.22 bits per heavy atom. The Hall–Kier alpha value is -0.900. The Balaban J connectivity index is 2.58. The van der Waals surface area contributed by atoms with E-state index in [0.29, 0.717) is 0 Å². The van der Waals surface area contributed by atoms with Crippen LogP contribution in [0.25, 0.3) is 0 Å². The Labute approximate surface area is 111 Å². The molecule has 2 atom stereocenters. The van der Waals surface area contributed by atoms with E-state index in [0.717, 1.165) is 19.3 Å². The fourth-order valence-corrected chi connectivity index (χ4v) is 2.07. The van der Waals surface area contributed by atoms with Crippen molar-refractivity contribution in [3.63, 3.8) is 0 Å². The van der Waals surface area contributed by atoms with Crippen LogP contribution in [0.5, 0.6) is 0 Å². The molecule has 0 aliphatic carbocycles. The minimum absolute atomic E-state index is 0.207. The lowest BCUT2D eigenvalue weighted by Gasteiger charge is -2.18. The van der Waals surface area contributed by atoms with Gasteiger partial charge in [-0.15, -0.1) is 0 Å². The van der Waals surface area contributed by atoms with Crippen LogP contribution >= 0.6 is 0 Å². The molecule has 1 aromatic rings. The Morgan fingerprint density at radius 2 is 1.89 bits per heavy atom. The van der Waals surface area contributed by atoms with Crippen molar-refractivity contribution in [3.8, 4) is 0 Å². The first kappa shape index (κ1) is 15.2. The molecule has 2 unspecified atom stereocenters. The normalized spacial score (nSPS) is 14.4. The first-order valence-electron chi connectivity index (χ1n) is 6.79. The standard InChI is InChI=1S/C15H26N2O/c1-4-5-13-7-9-14(10-8-13)15(17-16)11-6-12(2)18-3/h7-10,12,15,17H,4-6,11,16H2,1-3H3. The third-order valence-electron chi connectivity index (χ3n) is 3.39. The van der Waals surface area contributed by atoms with Gasteiger partial charge >= 0.3 is 0 Å². The predicted molar refractivity (Wildman–Crippen MR) is 76.2 cm³/mol. The first-order valence-corrected chi connectivity index (χ1v) is 6.79. The summed E-state index contributed by atoms with van der Waals surface area (Å²) in [5.41, 5.74) is 5.54. The Morgan fingerprint density at radius 3 is 2.39 bits per heavy atom. The van der Waals surface area contributed by atoms with Crippen LogP contribution in [0.15, 0.2) is 24.3 Å². The highest BCUT2D eigenvalue weighted by atomic mass is 16.5. The van der Waals surface area contributed by atoms with E-state index >= 15 is 0 Å². The number of ether oxygens (including phenoxy) is 1. The van der Waals surface area contributed by atoms with Gasteiger partial charge in [0.25, 0.3) is 0 Å². The second kappa shape index (κ2) is 8.25. The molecule has 0 radical (unpaired) electrons. The fraction of sp³-hybridized carbons (Fsp3) is 0.600. The highest BCUT2D eigenvalue weighted by Gasteiger charge is 2.11. The number of hydrogen-bond donors (Lipinski definition) is 2. The van der Waals surface area contributed by atoms with Gasteiger partial charge in [-0.2, -0.15) is 0 Å². The zero-order valence-corrected chi connectivity index (χ0v) is 11.8. The number of rotatable bonds is 8. The predicted octanol–water partition coefficient (Wildman–Crippen LogP) is 2.96. The van der Waals surface area contributed by atoms with Crippen LogP contribution in [0.2, 0.25) is 0 Å². The fourth-order valence-electron chi connectivity index (χ4n) is 2.07. The van der Waals surface area contributed by atoms with Crippen molar-refractivity contribution >= 4 is 0 Å². The second-order valence-corrected chi connectivity index (χ2v) is 4.83. The van der Waals surface area contributed by atoms with Gasteiger partial charge in [-0.1, -0.05) is 37.6 Å². The lowest BCUT2D eigenvalue weighted by molar-refractivity contribution is 0.106. The molecule has 3 N–H and O–H groups in total. The van der Waals surface area contributed by atoms with Gasteiger partial charge in [0.15, 0.2) is 0 Å². The topological polar surface area (TPSA) is 47.3 Å². The van der Waals surface area contributed by atoms with Crippen molar-refractivity contribution in [1.29, 1.82) is 0 Å². The summed E-state index contributed by atoms with van der Waals surface area (Å²) in [5, 5.41) is 0. The summed E-state index contributed by atoms with van der Waals surface area (Å²) in [7, 11) is 1.75. The number of hydrazine groups is 1. The van der Waals surface area contributed by atoms with Crippen LogP contribution in [0.3, 0.4) is 0 Å². The van der Waals surface area contributed by atoms with E-state index in [2.05, 4.69) is 43.5 Å². The summed E-state index contributed by atoms with van der Waals surface area (Å²) >= 11 is 0. The van der Waals surface area contributed by atoms with Crippen molar-refractivity contribution < 1.29 is 4.74 Å². The summed E-state index contributed by atoms with van der Waals surface area (Å²) in [4.78, 5) is 0. The molecule has 0 aliphatic rings. The van der Waals surface area contributed by atoms with Crippen LogP contribution < -0.4 is 11.3 Å². The highest BCUT2D eigenvalue weighted by molar-refractivity contribution is 5.25. The van der Waals surface area contributed by atoms with Gasteiger partial charge in [0.1, 0.15) is 0 Å². The molecule has 3 heteroatoms. The molecular weight excluding hydrogens is 224 g/mol. The quantitative estimate of drug-likeness (QED) is 0.551. The molecule has 18 heavy (non-hydrogen) atoms. The number of benzene rings is 1. The van der Waals surface area contributed by atoms with Crippen LogP contribution in [0.4, 0.5) is 0 Å². The molecule has 0 heterocycles. The lowest BCUT2D eigenvalue weighted by Crippen LogP contribution is -2.28. The number of nitrogens with one attached hydrogen (secondary N) is 1. The van der Waals surface area contributed by atoms with E-state index < -0.39 is 0 Å². The molecule has 1 rings (SSSR count). The monoisotopic (exact) mass is 250 g/mol. The minimum Gasteiger partial charge on any atom is -0.382 e. The molecule has 0 fully saturated rings. The van der Waals surface area contributed by atoms with Crippen molar-refractivity contribution in [2.45, 2.75) is 51.7 Å². The molecule has 1 aromatic carbocycles. The third-order valence-corrected chi connectivity index (χ3v) is 3.39. The SMILES string of the molecule is CCCc1ccc(C(CCC(C)OC)NN)cc1. The molecule has 3 nitrogen and oxygen atoms in total. The summed E-state index contributed by atoms with van der Waals surface area (Å²) in [5.74, 6) is 5.64.